The van der Waals surface area contributed by atoms with E-state index < -0.39 is 6.10 Å². The van der Waals surface area contributed by atoms with Gasteiger partial charge in [0.05, 0.1) is 19.8 Å². The van der Waals surface area contributed by atoms with Crippen molar-refractivity contribution in [2.75, 3.05) is 59.6 Å². The molecule has 22 heavy (non-hydrogen) atoms. The minimum absolute atomic E-state index is 0.444. The Balaban J connectivity index is 1.72. The van der Waals surface area contributed by atoms with Crippen molar-refractivity contribution in [2.45, 2.75) is 13.0 Å². The van der Waals surface area contributed by atoms with Crippen LogP contribution in [0.25, 0.3) is 0 Å². The number of hydrogen-bond donors (Lipinski definition) is 1. The second kappa shape index (κ2) is 9.10. The minimum Gasteiger partial charge on any atom is -0.497 e. The van der Waals surface area contributed by atoms with Crippen LogP contribution in [0.3, 0.4) is 0 Å². The molecule has 2 rings (SSSR count). The van der Waals surface area contributed by atoms with Gasteiger partial charge in [0.25, 0.3) is 0 Å². The zero-order chi connectivity index (χ0) is 15.8. The Labute approximate surface area is 133 Å². The molecule has 1 aliphatic rings. The fourth-order valence-corrected chi connectivity index (χ4v) is 2.71. The van der Waals surface area contributed by atoms with Crippen molar-refractivity contribution in [2.24, 2.45) is 0 Å². The van der Waals surface area contributed by atoms with E-state index in [2.05, 4.69) is 9.80 Å². The first kappa shape index (κ1) is 17.2. The molecule has 0 aromatic heterocycles. The Bertz CT molecular complexity index is 416. The van der Waals surface area contributed by atoms with Crippen LogP contribution in [0, 0.1) is 0 Å². The highest BCUT2D eigenvalue weighted by atomic mass is 16.5. The van der Waals surface area contributed by atoms with Gasteiger partial charge in [0.15, 0.2) is 0 Å². The molecular formula is C17H28N2O3. The van der Waals surface area contributed by atoms with Crippen molar-refractivity contribution in [1.82, 2.24) is 9.80 Å². The summed E-state index contributed by atoms with van der Waals surface area (Å²) >= 11 is 0. The highest BCUT2D eigenvalue weighted by molar-refractivity contribution is 5.28. The van der Waals surface area contributed by atoms with Crippen LogP contribution in [0.15, 0.2) is 24.3 Å². The Morgan fingerprint density at radius 2 is 1.73 bits per heavy atom. The summed E-state index contributed by atoms with van der Waals surface area (Å²) in [7, 11) is 1.65. The van der Waals surface area contributed by atoms with Crippen molar-refractivity contribution in [1.29, 1.82) is 0 Å². The lowest BCUT2D eigenvalue weighted by Gasteiger charge is -2.35. The molecule has 1 atom stereocenters. The number of methoxy groups -OCH3 is 1. The maximum atomic E-state index is 10.4. The minimum atomic E-state index is -0.444. The summed E-state index contributed by atoms with van der Waals surface area (Å²) in [6, 6.07) is 7.65. The Kier molecular flexibility index (Phi) is 7.12. The van der Waals surface area contributed by atoms with Gasteiger partial charge in [-0.1, -0.05) is 12.1 Å². The number of aliphatic hydroxyl groups excluding tert-OH is 1. The molecule has 1 aromatic carbocycles. The topological polar surface area (TPSA) is 45.2 Å². The van der Waals surface area contributed by atoms with E-state index >= 15 is 0 Å². The van der Waals surface area contributed by atoms with Gasteiger partial charge in [-0.2, -0.15) is 0 Å². The van der Waals surface area contributed by atoms with Gasteiger partial charge in [0, 0.05) is 45.9 Å². The van der Waals surface area contributed by atoms with Gasteiger partial charge in [0.1, 0.15) is 5.75 Å². The second-order valence-electron chi connectivity index (χ2n) is 5.63. The molecule has 0 bridgehead atoms. The summed E-state index contributed by atoms with van der Waals surface area (Å²) in [6.45, 7) is 9.40. The van der Waals surface area contributed by atoms with Crippen LogP contribution in [-0.2, 0) is 4.74 Å². The average Bonchev–Trinajstić information content (AvgIpc) is 2.57. The third-order valence-corrected chi connectivity index (χ3v) is 4.15. The molecular weight excluding hydrogens is 280 g/mol. The first-order valence-corrected chi connectivity index (χ1v) is 8.07. The van der Waals surface area contributed by atoms with Crippen molar-refractivity contribution < 1.29 is 14.6 Å². The van der Waals surface area contributed by atoms with Gasteiger partial charge >= 0.3 is 0 Å². The lowest BCUT2D eigenvalue weighted by molar-refractivity contribution is 0.0550. The summed E-state index contributed by atoms with van der Waals surface area (Å²) in [4.78, 5) is 4.75. The Morgan fingerprint density at radius 1 is 1.09 bits per heavy atom. The van der Waals surface area contributed by atoms with E-state index in [-0.39, 0.29) is 0 Å². The summed E-state index contributed by atoms with van der Waals surface area (Å²) < 4.78 is 10.5. The van der Waals surface area contributed by atoms with E-state index in [1.807, 2.05) is 31.2 Å². The summed E-state index contributed by atoms with van der Waals surface area (Å²) in [6.07, 6.45) is -0.444. The normalized spacial score (nSPS) is 18.3. The smallest absolute Gasteiger partial charge is 0.118 e. The highest BCUT2D eigenvalue weighted by Crippen LogP contribution is 2.19. The van der Waals surface area contributed by atoms with Crippen molar-refractivity contribution in [3.63, 3.8) is 0 Å². The number of ether oxygens (including phenoxy) is 2. The van der Waals surface area contributed by atoms with E-state index in [1.165, 1.54) is 0 Å². The maximum Gasteiger partial charge on any atom is 0.118 e. The molecule has 5 nitrogen and oxygen atoms in total. The number of β-amino-alcohol motifs (C(OH)–C–C–N with tert-alkyl or cyclic N) is 1. The molecule has 0 spiro atoms. The lowest BCUT2D eigenvalue weighted by Crippen LogP contribution is -2.48. The van der Waals surface area contributed by atoms with Gasteiger partial charge in [-0.25, -0.2) is 0 Å². The van der Waals surface area contributed by atoms with Gasteiger partial charge in [-0.15, -0.1) is 0 Å². The predicted molar refractivity (Wildman–Crippen MR) is 87.3 cm³/mol. The van der Waals surface area contributed by atoms with Gasteiger partial charge < -0.3 is 14.6 Å². The molecule has 1 saturated heterocycles. The molecule has 0 saturated carbocycles. The molecule has 1 unspecified atom stereocenters. The first-order chi connectivity index (χ1) is 10.7. The van der Waals surface area contributed by atoms with Crippen molar-refractivity contribution in [3.05, 3.63) is 29.8 Å². The fraction of sp³-hybridized carbons (Fsp3) is 0.647. The average molecular weight is 308 g/mol. The van der Waals surface area contributed by atoms with Crippen LogP contribution in [0.4, 0.5) is 0 Å². The molecule has 1 aromatic rings. The SMILES string of the molecule is CCOCCN1CCN(CC(O)c2ccc(OC)cc2)CC1. The van der Waals surface area contributed by atoms with Gasteiger partial charge in [-0.3, -0.25) is 9.80 Å². The third kappa shape index (κ3) is 5.25. The van der Waals surface area contributed by atoms with Crippen LogP contribution < -0.4 is 4.74 Å². The fourth-order valence-electron chi connectivity index (χ4n) is 2.71. The van der Waals surface area contributed by atoms with Crippen molar-refractivity contribution in [3.8, 4) is 5.75 Å². The summed E-state index contributed by atoms with van der Waals surface area (Å²) in [5.74, 6) is 0.818. The van der Waals surface area contributed by atoms with E-state index in [0.29, 0.717) is 6.54 Å². The van der Waals surface area contributed by atoms with Crippen LogP contribution in [0.5, 0.6) is 5.75 Å². The maximum absolute atomic E-state index is 10.4. The Morgan fingerprint density at radius 3 is 2.32 bits per heavy atom. The molecule has 0 aliphatic carbocycles. The van der Waals surface area contributed by atoms with E-state index in [9.17, 15) is 5.11 Å². The standard InChI is InChI=1S/C17H28N2O3/c1-3-22-13-12-18-8-10-19(11-9-18)14-17(20)15-4-6-16(21-2)7-5-15/h4-7,17,20H,3,8-14H2,1-2H3. The third-order valence-electron chi connectivity index (χ3n) is 4.15. The zero-order valence-electron chi connectivity index (χ0n) is 13.7. The number of aliphatic hydroxyl groups is 1. The van der Waals surface area contributed by atoms with Crippen LogP contribution in [-0.4, -0.2) is 74.5 Å². The van der Waals surface area contributed by atoms with Crippen LogP contribution in [0.1, 0.15) is 18.6 Å². The molecule has 1 heterocycles. The molecule has 1 aliphatic heterocycles. The van der Waals surface area contributed by atoms with E-state index in [4.69, 9.17) is 9.47 Å². The largest absolute Gasteiger partial charge is 0.497 e. The number of benzene rings is 1. The zero-order valence-corrected chi connectivity index (χ0v) is 13.7. The van der Waals surface area contributed by atoms with E-state index in [1.54, 1.807) is 7.11 Å². The predicted octanol–water partition coefficient (Wildman–Crippen LogP) is 1.38. The van der Waals surface area contributed by atoms with Crippen LogP contribution >= 0.6 is 0 Å². The number of hydrogen-bond acceptors (Lipinski definition) is 5. The molecule has 0 amide bonds. The van der Waals surface area contributed by atoms with E-state index in [0.717, 1.165) is 57.3 Å². The summed E-state index contributed by atoms with van der Waals surface area (Å²) in [5, 5.41) is 10.4. The molecule has 5 heteroatoms. The highest BCUT2D eigenvalue weighted by Gasteiger charge is 2.19. The Hall–Kier alpha value is -1.14. The second-order valence-corrected chi connectivity index (χ2v) is 5.63. The van der Waals surface area contributed by atoms with Crippen molar-refractivity contribution >= 4 is 0 Å². The number of nitrogens with zero attached hydrogens (tertiary/aromatic N) is 2. The summed E-state index contributed by atoms with van der Waals surface area (Å²) in [5.41, 5.74) is 0.944. The molecule has 0 radical (unpaired) electrons. The van der Waals surface area contributed by atoms with Gasteiger partial charge in [0.2, 0.25) is 0 Å². The lowest BCUT2D eigenvalue weighted by atomic mass is 10.1. The number of piperazine rings is 1. The molecule has 1 fully saturated rings. The monoisotopic (exact) mass is 308 g/mol. The number of rotatable bonds is 8. The first-order valence-electron chi connectivity index (χ1n) is 8.07. The quantitative estimate of drug-likeness (QED) is 0.735. The molecule has 1 N–H and O–H groups in total. The van der Waals surface area contributed by atoms with Gasteiger partial charge in [-0.05, 0) is 24.6 Å². The van der Waals surface area contributed by atoms with Crippen LogP contribution in [0.2, 0.25) is 0 Å². The molecule has 124 valence electrons.